The van der Waals surface area contributed by atoms with Crippen molar-refractivity contribution in [2.75, 3.05) is 56.6 Å². The van der Waals surface area contributed by atoms with Crippen molar-refractivity contribution in [3.8, 4) is 5.69 Å². The van der Waals surface area contributed by atoms with Gasteiger partial charge in [-0.3, -0.25) is 14.3 Å². The van der Waals surface area contributed by atoms with Gasteiger partial charge in [0.25, 0.3) is 0 Å². The summed E-state index contributed by atoms with van der Waals surface area (Å²) in [5, 5.41) is 9.76. The zero-order chi connectivity index (χ0) is 25.2. The van der Waals surface area contributed by atoms with E-state index in [1.165, 1.54) is 6.07 Å². The van der Waals surface area contributed by atoms with Gasteiger partial charge in [-0.2, -0.15) is 0 Å². The number of halogens is 2. The molecule has 6 rings (SSSR count). The molecule has 3 aliphatic heterocycles. The number of likely N-dealkylation sites (N-methyl/N-ethyl adjacent to an activating group) is 1. The van der Waals surface area contributed by atoms with Crippen molar-refractivity contribution in [2.24, 2.45) is 5.41 Å². The second-order valence-electron chi connectivity index (χ2n) is 10.4. The molecule has 5 heterocycles. The minimum atomic E-state index is -0.275. The number of anilines is 2. The lowest BCUT2D eigenvalue weighted by atomic mass is 9.73. The van der Waals surface area contributed by atoms with E-state index in [4.69, 9.17) is 11.6 Å². The number of carbonyl (C=O) groups is 1. The maximum absolute atomic E-state index is 13.6. The van der Waals surface area contributed by atoms with Crippen LogP contribution in [0.15, 0.2) is 30.3 Å². The van der Waals surface area contributed by atoms with E-state index in [1.54, 1.807) is 32.0 Å². The molecule has 0 saturated carbocycles. The molecule has 1 aromatic carbocycles. The molecule has 0 N–H and O–H groups in total. The fourth-order valence-electron chi connectivity index (χ4n) is 5.44. The van der Waals surface area contributed by atoms with Crippen molar-refractivity contribution in [1.29, 1.82) is 0 Å². The first-order valence-corrected chi connectivity index (χ1v) is 12.4. The normalized spacial score (nSPS) is 18.2. The van der Waals surface area contributed by atoms with Crippen molar-refractivity contribution in [2.45, 2.75) is 20.0 Å². The summed E-state index contributed by atoms with van der Waals surface area (Å²) < 4.78 is 15.7. The van der Waals surface area contributed by atoms with Crippen LogP contribution in [0.2, 0.25) is 5.02 Å². The third-order valence-electron chi connectivity index (χ3n) is 7.33. The first-order chi connectivity index (χ1) is 17.2. The number of hydrogen-bond acceptors (Lipinski definition) is 7. The van der Waals surface area contributed by atoms with Gasteiger partial charge in [0.15, 0.2) is 5.82 Å². The number of aromatic nitrogens is 4. The van der Waals surface area contributed by atoms with Gasteiger partial charge in [-0.15, -0.1) is 10.2 Å². The van der Waals surface area contributed by atoms with Crippen LogP contribution >= 0.6 is 11.6 Å². The lowest BCUT2D eigenvalue weighted by Crippen LogP contribution is -2.73. The Balaban J connectivity index is 1.22. The number of fused-ring (bicyclic) bond motifs is 3. The monoisotopic (exact) mass is 510 g/mol. The number of pyridine rings is 1. The summed E-state index contributed by atoms with van der Waals surface area (Å²) in [6, 6.07) is 9.09. The van der Waals surface area contributed by atoms with Crippen LogP contribution in [0, 0.1) is 18.2 Å². The zero-order valence-electron chi connectivity index (χ0n) is 20.6. The van der Waals surface area contributed by atoms with Gasteiger partial charge >= 0.3 is 0 Å². The van der Waals surface area contributed by atoms with Gasteiger partial charge in [-0.1, -0.05) is 11.6 Å². The number of benzene rings is 1. The largest absolute Gasteiger partial charge is 0.355 e. The summed E-state index contributed by atoms with van der Waals surface area (Å²) in [4.78, 5) is 25.0. The average Bonchev–Trinajstić information content (AvgIpc) is 3.10. The molecule has 3 aliphatic rings. The topological polar surface area (TPSA) is 73.6 Å². The van der Waals surface area contributed by atoms with E-state index >= 15 is 0 Å². The molecule has 3 aromatic rings. The smallest absolute Gasteiger partial charge is 0.236 e. The van der Waals surface area contributed by atoms with Gasteiger partial charge in [0.1, 0.15) is 11.6 Å². The van der Waals surface area contributed by atoms with Gasteiger partial charge in [0, 0.05) is 57.3 Å². The predicted molar refractivity (Wildman–Crippen MR) is 135 cm³/mol. The molecular formula is C25H28ClFN8O. The van der Waals surface area contributed by atoms with Crippen molar-refractivity contribution in [3.05, 3.63) is 58.3 Å². The second-order valence-corrected chi connectivity index (χ2v) is 10.8. The van der Waals surface area contributed by atoms with Crippen molar-refractivity contribution in [3.63, 3.8) is 0 Å². The highest BCUT2D eigenvalue weighted by atomic mass is 35.5. The molecule has 0 unspecified atom stereocenters. The van der Waals surface area contributed by atoms with Crippen LogP contribution in [-0.2, 0) is 17.9 Å². The SMILES string of the molecule is Cc1nc(N2CC3(C2)CN(c2nnc4n2-c2ccc(Cl)cc2CN(CC(=O)N(C)C)C4)C3)ccc1F. The molecule has 1 amide bonds. The van der Waals surface area contributed by atoms with Crippen LogP contribution in [-0.4, -0.2) is 82.3 Å². The lowest BCUT2D eigenvalue weighted by Gasteiger charge is -2.60. The van der Waals surface area contributed by atoms with Crippen LogP contribution in [0.4, 0.5) is 16.2 Å². The molecule has 11 heteroatoms. The van der Waals surface area contributed by atoms with Crippen LogP contribution in [0.3, 0.4) is 0 Å². The van der Waals surface area contributed by atoms with E-state index in [-0.39, 0.29) is 17.1 Å². The number of aryl methyl sites for hydroxylation is 1. The van der Waals surface area contributed by atoms with E-state index in [2.05, 4.69) is 34.4 Å². The van der Waals surface area contributed by atoms with Gasteiger partial charge < -0.3 is 14.7 Å². The van der Waals surface area contributed by atoms with Crippen LogP contribution in [0.1, 0.15) is 17.1 Å². The number of amides is 1. The first-order valence-electron chi connectivity index (χ1n) is 12.0. The molecule has 9 nitrogen and oxygen atoms in total. The first kappa shape index (κ1) is 23.2. The zero-order valence-corrected chi connectivity index (χ0v) is 21.3. The van der Waals surface area contributed by atoms with E-state index in [0.717, 1.165) is 55.0 Å². The molecule has 2 aromatic heterocycles. The summed E-state index contributed by atoms with van der Waals surface area (Å²) in [7, 11) is 3.53. The average molecular weight is 511 g/mol. The number of nitrogens with zero attached hydrogens (tertiary/aromatic N) is 8. The van der Waals surface area contributed by atoms with Gasteiger partial charge in [0.05, 0.1) is 24.5 Å². The summed E-state index contributed by atoms with van der Waals surface area (Å²) in [5.41, 5.74) is 2.64. The molecule has 2 fully saturated rings. The molecule has 0 atom stereocenters. The minimum absolute atomic E-state index is 0.0387. The standard InChI is InChI=1S/C25H28ClFN8O/c1-16-19(27)5-7-21(28-16)33-12-25(13-33)14-34(15-25)24-30-29-22-10-32(11-23(36)31(2)3)9-17-8-18(26)4-6-20(17)35(22)24/h4-8H,9-15H2,1-3H3. The maximum atomic E-state index is 13.6. The minimum Gasteiger partial charge on any atom is -0.355 e. The summed E-state index contributed by atoms with van der Waals surface area (Å²) in [5.74, 6) is 2.21. The Morgan fingerprint density at radius 1 is 1.08 bits per heavy atom. The summed E-state index contributed by atoms with van der Waals surface area (Å²) >= 11 is 6.35. The van der Waals surface area contributed by atoms with E-state index in [9.17, 15) is 9.18 Å². The lowest BCUT2D eigenvalue weighted by molar-refractivity contribution is -0.130. The van der Waals surface area contributed by atoms with Crippen LogP contribution in [0.25, 0.3) is 5.69 Å². The van der Waals surface area contributed by atoms with Crippen molar-refractivity contribution in [1.82, 2.24) is 29.5 Å². The number of rotatable bonds is 4. The van der Waals surface area contributed by atoms with Gasteiger partial charge in [0.2, 0.25) is 11.9 Å². The highest BCUT2D eigenvalue weighted by molar-refractivity contribution is 6.30. The molecule has 188 valence electrons. The predicted octanol–water partition coefficient (Wildman–Crippen LogP) is 2.49. The van der Waals surface area contributed by atoms with E-state index in [0.29, 0.717) is 30.4 Å². The van der Waals surface area contributed by atoms with E-state index in [1.807, 2.05) is 18.2 Å². The Morgan fingerprint density at radius 2 is 1.83 bits per heavy atom. The Hall–Kier alpha value is -3.24. The quantitative estimate of drug-likeness (QED) is 0.534. The van der Waals surface area contributed by atoms with Crippen LogP contribution in [0.5, 0.6) is 0 Å². The molecular weight excluding hydrogens is 483 g/mol. The summed E-state index contributed by atoms with van der Waals surface area (Å²) in [6.45, 7) is 6.60. The molecule has 0 aliphatic carbocycles. The van der Waals surface area contributed by atoms with Crippen LogP contribution < -0.4 is 9.80 Å². The second kappa shape index (κ2) is 8.41. The summed E-state index contributed by atoms with van der Waals surface area (Å²) in [6.07, 6.45) is 0. The van der Waals surface area contributed by atoms with Gasteiger partial charge in [-0.25, -0.2) is 9.37 Å². The highest BCUT2D eigenvalue weighted by Gasteiger charge is 2.53. The van der Waals surface area contributed by atoms with Gasteiger partial charge in [-0.05, 0) is 42.8 Å². The third-order valence-corrected chi connectivity index (χ3v) is 7.57. The molecule has 36 heavy (non-hydrogen) atoms. The number of hydrogen-bond donors (Lipinski definition) is 0. The molecule has 2 saturated heterocycles. The van der Waals surface area contributed by atoms with E-state index < -0.39 is 0 Å². The Labute approximate surface area is 214 Å². The Morgan fingerprint density at radius 3 is 2.56 bits per heavy atom. The number of carbonyl (C=O) groups excluding carboxylic acids is 1. The fourth-order valence-corrected chi connectivity index (χ4v) is 5.63. The van der Waals surface area contributed by atoms with Crippen molar-refractivity contribution >= 4 is 29.3 Å². The molecule has 1 spiro atoms. The Bertz CT molecular complexity index is 1340. The van der Waals surface area contributed by atoms with Crippen molar-refractivity contribution < 1.29 is 9.18 Å². The molecule has 0 radical (unpaired) electrons. The maximum Gasteiger partial charge on any atom is 0.236 e. The molecule has 0 bridgehead atoms. The third kappa shape index (κ3) is 3.88. The Kier molecular flexibility index (Phi) is 5.42. The fraction of sp³-hybridized carbons (Fsp3) is 0.440. The highest BCUT2D eigenvalue weighted by Crippen LogP contribution is 2.44.